The molecule has 0 aliphatic rings. The first-order valence-corrected chi connectivity index (χ1v) is 6.58. The Hall–Kier alpha value is -2.75. The van der Waals surface area contributed by atoms with Crippen molar-refractivity contribution in [1.29, 1.82) is 10.5 Å². The highest BCUT2D eigenvalue weighted by molar-refractivity contribution is 6.30. The highest BCUT2D eigenvalue weighted by Gasteiger charge is 1.99. The van der Waals surface area contributed by atoms with Crippen LogP contribution in [-0.2, 0) is 6.61 Å². The Kier molecular flexibility index (Phi) is 4.99. The van der Waals surface area contributed by atoms with Crippen LogP contribution in [0.3, 0.4) is 0 Å². The van der Waals surface area contributed by atoms with E-state index in [-0.39, 0.29) is 5.57 Å². The number of nitrogens with zero attached hydrogens (tertiary/aromatic N) is 2. The molecule has 0 unspecified atom stereocenters. The monoisotopic (exact) mass is 294 g/mol. The molecule has 0 saturated carbocycles. The topological polar surface area (TPSA) is 56.8 Å². The van der Waals surface area contributed by atoms with Crippen LogP contribution in [0.15, 0.2) is 54.1 Å². The maximum Gasteiger partial charge on any atom is 0.130 e. The number of hydrogen-bond donors (Lipinski definition) is 0. The zero-order chi connectivity index (χ0) is 15.1. The third kappa shape index (κ3) is 4.38. The molecule has 0 amide bonds. The normalized spacial score (nSPS) is 9.29. The minimum Gasteiger partial charge on any atom is -0.489 e. The second-order valence-electron chi connectivity index (χ2n) is 4.27. The van der Waals surface area contributed by atoms with Gasteiger partial charge in [-0.05, 0) is 41.5 Å². The zero-order valence-corrected chi connectivity index (χ0v) is 11.8. The molecule has 0 heterocycles. The molecule has 2 rings (SSSR count). The smallest absolute Gasteiger partial charge is 0.130 e. The van der Waals surface area contributed by atoms with Gasteiger partial charge < -0.3 is 4.74 Å². The summed E-state index contributed by atoms with van der Waals surface area (Å²) in [5.74, 6) is 0.675. The second-order valence-corrected chi connectivity index (χ2v) is 4.71. The van der Waals surface area contributed by atoms with Crippen molar-refractivity contribution in [1.82, 2.24) is 0 Å². The van der Waals surface area contributed by atoms with Gasteiger partial charge in [0, 0.05) is 5.02 Å². The maximum atomic E-state index is 8.75. The quantitative estimate of drug-likeness (QED) is 0.788. The number of halogens is 1. The molecule has 0 N–H and O–H groups in total. The molecular weight excluding hydrogens is 284 g/mol. The molecule has 0 fully saturated rings. The van der Waals surface area contributed by atoms with E-state index in [2.05, 4.69) is 0 Å². The molecule has 0 aliphatic carbocycles. The first-order valence-electron chi connectivity index (χ1n) is 6.20. The molecular formula is C17H11ClN2O. The first kappa shape index (κ1) is 14.7. The Balaban J connectivity index is 2.08. The van der Waals surface area contributed by atoms with Crippen molar-refractivity contribution < 1.29 is 4.74 Å². The summed E-state index contributed by atoms with van der Waals surface area (Å²) < 4.78 is 5.68. The predicted octanol–water partition coefficient (Wildman–Crippen LogP) is 4.35. The van der Waals surface area contributed by atoms with Crippen molar-refractivity contribution in [3.8, 4) is 17.9 Å². The van der Waals surface area contributed by atoms with E-state index in [0.717, 1.165) is 11.1 Å². The number of nitriles is 2. The summed E-state index contributed by atoms with van der Waals surface area (Å²) >= 11 is 5.83. The maximum absolute atomic E-state index is 8.75. The Morgan fingerprint density at radius 2 is 1.81 bits per heavy atom. The summed E-state index contributed by atoms with van der Waals surface area (Å²) in [7, 11) is 0. The van der Waals surface area contributed by atoms with E-state index in [4.69, 9.17) is 26.9 Å². The molecule has 0 saturated heterocycles. The molecule has 0 radical (unpaired) electrons. The molecule has 2 aromatic carbocycles. The largest absolute Gasteiger partial charge is 0.489 e. The zero-order valence-electron chi connectivity index (χ0n) is 11.1. The lowest BCUT2D eigenvalue weighted by Crippen LogP contribution is -1.95. The molecule has 102 valence electrons. The van der Waals surface area contributed by atoms with E-state index in [0.29, 0.717) is 17.4 Å². The number of benzene rings is 2. The Labute approximate surface area is 128 Å². The van der Waals surface area contributed by atoms with Crippen molar-refractivity contribution in [3.05, 3.63) is 70.3 Å². The van der Waals surface area contributed by atoms with Crippen LogP contribution in [0, 0.1) is 22.7 Å². The summed E-state index contributed by atoms with van der Waals surface area (Å²) in [6, 6.07) is 18.3. The van der Waals surface area contributed by atoms with E-state index in [9.17, 15) is 0 Å². The first-order chi connectivity index (χ1) is 10.2. The van der Waals surface area contributed by atoms with Gasteiger partial charge in [-0.1, -0.05) is 35.9 Å². The molecule has 0 atom stereocenters. The minimum atomic E-state index is 0.0600. The van der Waals surface area contributed by atoms with Crippen LogP contribution in [-0.4, -0.2) is 0 Å². The lowest BCUT2D eigenvalue weighted by atomic mass is 10.1. The molecule has 3 nitrogen and oxygen atoms in total. The summed E-state index contributed by atoms with van der Waals surface area (Å²) in [5.41, 5.74) is 1.82. The van der Waals surface area contributed by atoms with Gasteiger partial charge in [-0.3, -0.25) is 0 Å². The van der Waals surface area contributed by atoms with Gasteiger partial charge in [-0.15, -0.1) is 0 Å². The van der Waals surface area contributed by atoms with Crippen molar-refractivity contribution in [2.45, 2.75) is 6.61 Å². The van der Waals surface area contributed by atoms with Gasteiger partial charge in [0.2, 0.25) is 0 Å². The van der Waals surface area contributed by atoms with Crippen molar-refractivity contribution in [2.75, 3.05) is 0 Å². The fourth-order valence-electron chi connectivity index (χ4n) is 1.70. The van der Waals surface area contributed by atoms with Crippen LogP contribution >= 0.6 is 11.6 Å². The van der Waals surface area contributed by atoms with Crippen LogP contribution in [0.2, 0.25) is 5.02 Å². The van der Waals surface area contributed by atoms with Gasteiger partial charge >= 0.3 is 0 Å². The van der Waals surface area contributed by atoms with Crippen LogP contribution < -0.4 is 4.74 Å². The third-order valence-corrected chi connectivity index (χ3v) is 2.98. The molecule has 4 heteroatoms. The van der Waals surface area contributed by atoms with Gasteiger partial charge in [0.1, 0.15) is 30.1 Å². The highest BCUT2D eigenvalue weighted by Crippen LogP contribution is 2.18. The Morgan fingerprint density at radius 3 is 2.48 bits per heavy atom. The molecule has 2 aromatic rings. The van der Waals surface area contributed by atoms with Gasteiger partial charge in [0.25, 0.3) is 0 Å². The van der Waals surface area contributed by atoms with Gasteiger partial charge in [-0.25, -0.2) is 0 Å². The average molecular weight is 295 g/mol. The van der Waals surface area contributed by atoms with E-state index in [1.54, 1.807) is 6.07 Å². The van der Waals surface area contributed by atoms with E-state index < -0.39 is 0 Å². The molecule has 0 aliphatic heterocycles. The van der Waals surface area contributed by atoms with Crippen LogP contribution in [0.1, 0.15) is 11.1 Å². The summed E-state index contributed by atoms with van der Waals surface area (Å²) in [6.45, 7) is 0.424. The molecule has 21 heavy (non-hydrogen) atoms. The van der Waals surface area contributed by atoms with Crippen molar-refractivity contribution in [2.24, 2.45) is 0 Å². The SMILES string of the molecule is N#CC(C#N)=Cc1cccc(OCc2ccc(Cl)cc2)c1. The molecule has 0 bridgehead atoms. The van der Waals surface area contributed by atoms with Gasteiger partial charge in [0.05, 0.1) is 0 Å². The third-order valence-electron chi connectivity index (χ3n) is 2.73. The summed E-state index contributed by atoms with van der Waals surface area (Å²) in [4.78, 5) is 0. The second kappa shape index (κ2) is 7.14. The van der Waals surface area contributed by atoms with Crippen LogP contribution in [0.4, 0.5) is 0 Å². The number of rotatable bonds is 4. The lowest BCUT2D eigenvalue weighted by molar-refractivity contribution is 0.306. The Bertz CT molecular complexity index is 721. The fraction of sp³-hybridized carbons (Fsp3) is 0.0588. The molecule has 0 aromatic heterocycles. The Morgan fingerprint density at radius 1 is 1.10 bits per heavy atom. The highest BCUT2D eigenvalue weighted by atomic mass is 35.5. The van der Waals surface area contributed by atoms with Gasteiger partial charge in [-0.2, -0.15) is 10.5 Å². The summed E-state index contributed by atoms with van der Waals surface area (Å²) in [6.07, 6.45) is 1.52. The van der Waals surface area contributed by atoms with E-state index in [1.165, 1.54) is 6.08 Å². The van der Waals surface area contributed by atoms with Crippen LogP contribution in [0.5, 0.6) is 5.75 Å². The van der Waals surface area contributed by atoms with E-state index >= 15 is 0 Å². The van der Waals surface area contributed by atoms with Gasteiger partial charge in [0.15, 0.2) is 0 Å². The van der Waals surface area contributed by atoms with Crippen molar-refractivity contribution >= 4 is 17.7 Å². The van der Waals surface area contributed by atoms with E-state index in [1.807, 2.05) is 54.6 Å². The lowest BCUT2D eigenvalue weighted by Gasteiger charge is -2.07. The minimum absolute atomic E-state index is 0.0600. The van der Waals surface area contributed by atoms with Crippen LogP contribution in [0.25, 0.3) is 6.08 Å². The standard InChI is InChI=1S/C17H11ClN2O/c18-16-6-4-13(5-7-16)12-21-17-3-1-2-14(9-17)8-15(10-19)11-20/h1-9H,12H2. The van der Waals surface area contributed by atoms with Crippen molar-refractivity contribution in [3.63, 3.8) is 0 Å². The average Bonchev–Trinajstić information content (AvgIpc) is 2.52. The fourth-order valence-corrected chi connectivity index (χ4v) is 1.82. The number of allylic oxidation sites excluding steroid dienone is 1. The predicted molar refractivity (Wildman–Crippen MR) is 81.4 cm³/mol. The number of ether oxygens (including phenoxy) is 1. The number of hydrogen-bond acceptors (Lipinski definition) is 3. The summed E-state index contributed by atoms with van der Waals surface area (Å²) in [5, 5.41) is 18.2. The molecule has 0 spiro atoms.